The molecule has 98 valence electrons. The highest BCUT2D eigenvalue weighted by Gasteiger charge is 2.27. The number of carbonyl (C=O) groups is 1. The van der Waals surface area contributed by atoms with Crippen molar-refractivity contribution in [3.05, 3.63) is 0 Å². The maximum Gasteiger partial charge on any atom is 0.319 e. The van der Waals surface area contributed by atoms with Gasteiger partial charge in [-0.3, -0.25) is 0 Å². The van der Waals surface area contributed by atoms with Crippen molar-refractivity contribution >= 4 is 6.03 Å². The quantitative estimate of drug-likeness (QED) is 0.695. The first-order valence-corrected chi connectivity index (χ1v) is 6.89. The van der Waals surface area contributed by atoms with Gasteiger partial charge in [0, 0.05) is 33.2 Å². The van der Waals surface area contributed by atoms with E-state index in [4.69, 9.17) is 0 Å². The average molecular weight is 239 g/mol. The maximum atomic E-state index is 11.8. The van der Waals surface area contributed by atoms with Crippen molar-refractivity contribution in [3.63, 3.8) is 0 Å². The molecule has 2 rings (SSSR count). The van der Waals surface area contributed by atoms with Crippen LogP contribution in [0.15, 0.2) is 0 Å². The summed E-state index contributed by atoms with van der Waals surface area (Å²) >= 11 is 0. The smallest absolute Gasteiger partial charge is 0.319 e. The lowest BCUT2D eigenvalue weighted by atomic mass is 10.00. The van der Waals surface area contributed by atoms with Crippen LogP contribution in [0.4, 0.5) is 4.79 Å². The van der Waals surface area contributed by atoms with Crippen LogP contribution in [0.5, 0.6) is 0 Å². The van der Waals surface area contributed by atoms with Gasteiger partial charge in [-0.05, 0) is 38.8 Å². The lowest BCUT2D eigenvalue weighted by Crippen LogP contribution is -2.50. The van der Waals surface area contributed by atoms with Crippen LogP contribution >= 0.6 is 0 Å². The van der Waals surface area contributed by atoms with Crippen LogP contribution in [-0.2, 0) is 0 Å². The van der Waals surface area contributed by atoms with Crippen LogP contribution in [-0.4, -0.2) is 67.0 Å². The zero-order valence-electron chi connectivity index (χ0n) is 11.2. The second kappa shape index (κ2) is 5.71. The Morgan fingerprint density at radius 1 is 1.00 bits per heavy atom. The third-order valence-corrected chi connectivity index (χ3v) is 4.02. The fourth-order valence-corrected chi connectivity index (χ4v) is 2.99. The lowest BCUT2D eigenvalue weighted by Gasteiger charge is -2.40. The number of carbonyl (C=O) groups excluding carboxylic acids is 1. The fraction of sp³-hybridized carbons (Fsp3) is 0.923. The number of hydrogen-bond acceptors (Lipinski definition) is 2. The lowest BCUT2D eigenvalue weighted by molar-refractivity contribution is 0.0943. The van der Waals surface area contributed by atoms with E-state index in [1.165, 1.54) is 32.4 Å². The van der Waals surface area contributed by atoms with Crippen molar-refractivity contribution in [3.8, 4) is 0 Å². The number of urea groups is 1. The molecule has 0 aliphatic carbocycles. The molecule has 2 fully saturated rings. The molecule has 0 bridgehead atoms. The van der Waals surface area contributed by atoms with Crippen molar-refractivity contribution in [2.45, 2.75) is 38.1 Å². The number of rotatable bonds is 1. The highest BCUT2D eigenvalue weighted by atomic mass is 16.2. The Kier molecular flexibility index (Phi) is 4.26. The van der Waals surface area contributed by atoms with E-state index in [9.17, 15) is 4.79 Å². The molecule has 0 unspecified atom stereocenters. The molecule has 2 heterocycles. The van der Waals surface area contributed by atoms with Crippen LogP contribution in [0.3, 0.4) is 0 Å². The predicted molar refractivity (Wildman–Crippen MR) is 69.1 cm³/mol. The largest absolute Gasteiger partial charge is 0.331 e. The first-order valence-electron chi connectivity index (χ1n) is 6.89. The van der Waals surface area contributed by atoms with Gasteiger partial charge < -0.3 is 14.7 Å². The molecule has 0 N–H and O–H groups in total. The minimum Gasteiger partial charge on any atom is -0.331 e. The summed E-state index contributed by atoms with van der Waals surface area (Å²) in [5.41, 5.74) is 0. The number of nitrogens with zero attached hydrogens (tertiary/aromatic N) is 3. The van der Waals surface area contributed by atoms with Gasteiger partial charge in [-0.15, -0.1) is 0 Å². The van der Waals surface area contributed by atoms with E-state index in [1.54, 1.807) is 4.90 Å². The first-order chi connectivity index (χ1) is 8.18. The van der Waals surface area contributed by atoms with Gasteiger partial charge in [0.15, 0.2) is 0 Å². The van der Waals surface area contributed by atoms with Gasteiger partial charge in [-0.25, -0.2) is 4.79 Å². The van der Waals surface area contributed by atoms with E-state index in [0.717, 1.165) is 32.0 Å². The van der Waals surface area contributed by atoms with E-state index in [2.05, 4.69) is 4.90 Å². The highest BCUT2D eigenvalue weighted by molar-refractivity contribution is 5.73. The molecule has 0 radical (unpaired) electrons. The molecule has 0 aromatic rings. The minimum absolute atomic E-state index is 0.169. The van der Waals surface area contributed by atoms with E-state index in [1.807, 2.05) is 19.0 Å². The molecular formula is C13H25N3O. The van der Waals surface area contributed by atoms with Crippen molar-refractivity contribution in [2.24, 2.45) is 0 Å². The van der Waals surface area contributed by atoms with Crippen LogP contribution in [0.25, 0.3) is 0 Å². The molecular weight excluding hydrogens is 214 g/mol. The molecule has 0 atom stereocenters. The topological polar surface area (TPSA) is 26.8 Å². The second-order valence-electron chi connectivity index (χ2n) is 5.49. The third-order valence-electron chi connectivity index (χ3n) is 4.02. The van der Waals surface area contributed by atoms with Gasteiger partial charge in [-0.2, -0.15) is 0 Å². The van der Waals surface area contributed by atoms with E-state index in [0.29, 0.717) is 0 Å². The van der Waals surface area contributed by atoms with Gasteiger partial charge in [0.05, 0.1) is 0 Å². The molecule has 0 aromatic heterocycles. The molecule has 2 aliphatic rings. The van der Waals surface area contributed by atoms with E-state index in [-0.39, 0.29) is 6.03 Å². The molecule has 4 nitrogen and oxygen atoms in total. The van der Waals surface area contributed by atoms with Crippen molar-refractivity contribution in [2.75, 3.05) is 40.3 Å². The van der Waals surface area contributed by atoms with Gasteiger partial charge in [0.1, 0.15) is 0 Å². The highest BCUT2D eigenvalue weighted by Crippen LogP contribution is 2.21. The predicted octanol–water partition coefficient (Wildman–Crippen LogP) is 1.62. The zero-order chi connectivity index (χ0) is 12.3. The second-order valence-corrected chi connectivity index (χ2v) is 5.49. The Hall–Kier alpha value is -0.770. The van der Waals surface area contributed by atoms with E-state index >= 15 is 0 Å². The Labute approximate surface area is 105 Å². The van der Waals surface area contributed by atoms with Gasteiger partial charge in [-0.1, -0.05) is 6.42 Å². The van der Waals surface area contributed by atoms with Gasteiger partial charge >= 0.3 is 6.03 Å². The summed E-state index contributed by atoms with van der Waals surface area (Å²) in [5, 5.41) is 0. The summed E-state index contributed by atoms with van der Waals surface area (Å²) in [6, 6.07) is 0.892. The molecule has 17 heavy (non-hydrogen) atoms. The van der Waals surface area contributed by atoms with Crippen LogP contribution < -0.4 is 0 Å². The van der Waals surface area contributed by atoms with Crippen LogP contribution in [0.1, 0.15) is 32.1 Å². The maximum absolute atomic E-state index is 11.8. The molecule has 0 saturated carbocycles. The summed E-state index contributed by atoms with van der Waals surface area (Å²) in [6.45, 7) is 4.40. The monoisotopic (exact) mass is 239 g/mol. The van der Waals surface area contributed by atoms with E-state index < -0.39 is 0 Å². The number of piperidine rings is 2. The Morgan fingerprint density at radius 2 is 1.59 bits per heavy atom. The fourth-order valence-electron chi connectivity index (χ4n) is 2.99. The molecule has 2 aliphatic heterocycles. The number of amides is 2. The standard InChI is InChI=1S/C13H25N3O/c1-14(2)13(17)16-10-6-12(7-11-16)15-8-4-3-5-9-15/h12H,3-11H2,1-2H3. The summed E-state index contributed by atoms with van der Waals surface area (Å²) in [4.78, 5) is 18.1. The first kappa shape index (κ1) is 12.7. The molecule has 4 heteroatoms. The molecule has 0 spiro atoms. The average Bonchev–Trinajstić information content (AvgIpc) is 2.39. The molecule has 2 saturated heterocycles. The van der Waals surface area contributed by atoms with Gasteiger partial charge in [0.2, 0.25) is 0 Å². The summed E-state index contributed by atoms with van der Waals surface area (Å²) in [7, 11) is 3.66. The van der Waals surface area contributed by atoms with Crippen molar-refractivity contribution in [1.82, 2.24) is 14.7 Å². The molecule has 2 amide bonds. The normalized spacial score (nSPS) is 23.8. The summed E-state index contributed by atoms with van der Waals surface area (Å²) in [5.74, 6) is 0. The SMILES string of the molecule is CN(C)C(=O)N1CCC(N2CCCCC2)CC1. The third kappa shape index (κ3) is 3.12. The van der Waals surface area contributed by atoms with Crippen molar-refractivity contribution in [1.29, 1.82) is 0 Å². The van der Waals surface area contributed by atoms with Crippen molar-refractivity contribution < 1.29 is 4.79 Å². The Morgan fingerprint density at radius 3 is 2.12 bits per heavy atom. The molecule has 0 aromatic carbocycles. The Bertz CT molecular complexity index is 253. The Balaban J connectivity index is 1.79. The van der Waals surface area contributed by atoms with Crippen LogP contribution in [0.2, 0.25) is 0 Å². The van der Waals surface area contributed by atoms with Gasteiger partial charge in [0.25, 0.3) is 0 Å². The number of likely N-dealkylation sites (tertiary alicyclic amines) is 2. The number of hydrogen-bond donors (Lipinski definition) is 0. The summed E-state index contributed by atoms with van der Waals surface area (Å²) in [6.07, 6.45) is 6.42. The minimum atomic E-state index is 0.169. The zero-order valence-corrected chi connectivity index (χ0v) is 11.2. The summed E-state index contributed by atoms with van der Waals surface area (Å²) < 4.78 is 0. The van der Waals surface area contributed by atoms with Crippen LogP contribution in [0, 0.1) is 0 Å².